The Labute approximate surface area is 110 Å². The van der Waals surface area contributed by atoms with Crippen LogP contribution in [0.25, 0.3) is 0 Å². The van der Waals surface area contributed by atoms with Crippen LogP contribution >= 0.6 is 11.6 Å². The van der Waals surface area contributed by atoms with Crippen molar-refractivity contribution in [2.24, 2.45) is 0 Å². The van der Waals surface area contributed by atoms with Crippen LogP contribution in [0.4, 0.5) is 10.1 Å². The highest BCUT2D eigenvalue weighted by molar-refractivity contribution is 6.30. The molecule has 0 radical (unpaired) electrons. The standard InChI is InChI=1S/C13H12ClFN2O/c1-2-17-9-6-10(8-16-7-9)18-12-5-3-4-11(14)13(12)15/h3-8,17H,2H2,1H3. The largest absolute Gasteiger partial charge is 0.453 e. The van der Waals surface area contributed by atoms with E-state index in [-0.39, 0.29) is 10.8 Å². The van der Waals surface area contributed by atoms with Crippen molar-refractivity contribution in [3.8, 4) is 11.5 Å². The molecule has 0 spiro atoms. The summed E-state index contributed by atoms with van der Waals surface area (Å²) in [6.07, 6.45) is 3.19. The summed E-state index contributed by atoms with van der Waals surface area (Å²) in [5.74, 6) is -0.0411. The zero-order valence-electron chi connectivity index (χ0n) is 9.78. The fraction of sp³-hybridized carbons (Fsp3) is 0.154. The second-order valence-electron chi connectivity index (χ2n) is 3.59. The Balaban J connectivity index is 2.23. The first-order chi connectivity index (χ1) is 8.70. The molecule has 0 fully saturated rings. The third-order valence-electron chi connectivity index (χ3n) is 2.24. The molecule has 0 atom stereocenters. The van der Waals surface area contributed by atoms with Crippen molar-refractivity contribution < 1.29 is 9.13 Å². The van der Waals surface area contributed by atoms with E-state index in [0.717, 1.165) is 12.2 Å². The maximum absolute atomic E-state index is 13.6. The molecule has 0 aliphatic heterocycles. The lowest BCUT2D eigenvalue weighted by Crippen LogP contribution is -1.97. The Morgan fingerprint density at radius 2 is 2.22 bits per heavy atom. The average molecular weight is 267 g/mol. The molecule has 0 saturated heterocycles. The predicted molar refractivity (Wildman–Crippen MR) is 69.9 cm³/mol. The van der Waals surface area contributed by atoms with Crippen molar-refractivity contribution in [1.82, 2.24) is 4.98 Å². The van der Waals surface area contributed by atoms with Gasteiger partial charge in [0.05, 0.1) is 23.1 Å². The van der Waals surface area contributed by atoms with E-state index in [0.29, 0.717) is 5.75 Å². The quantitative estimate of drug-likeness (QED) is 0.905. The maximum Gasteiger partial charge on any atom is 0.184 e. The van der Waals surface area contributed by atoms with Gasteiger partial charge in [-0.3, -0.25) is 4.98 Å². The first-order valence-electron chi connectivity index (χ1n) is 5.51. The highest BCUT2D eigenvalue weighted by Gasteiger charge is 2.08. The minimum Gasteiger partial charge on any atom is -0.453 e. The van der Waals surface area contributed by atoms with Gasteiger partial charge in [0.25, 0.3) is 0 Å². The number of anilines is 1. The molecule has 18 heavy (non-hydrogen) atoms. The van der Waals surface area contributed by atoms with E-state index in [1.807, 2.05) is 6.92 Å². The van der Waals surface area contributed by atoms with Gasteiger partial charge in [-0.1, -0.05) is 17.7 Å². The molecule has 94 valence electrons. The van der Waals surface area contributed by atoms with Crippen LogP contribution in [0, 0.1) is 5.82 Å². The van der Waals surface area contributed by atoms with Gasteiger partial charge in [-0.25, -0.2) is 4.39 Å². The van der Waals surface area contributed by atoms with Crippen molar-refractivity contribution in [2.75, 3.05) is 11.9 Å². The van der Waals surface area contributed by atoms with E-state index in [9.17, 15) is 4.39 Å². The van der Waals surface area contributed by atoms with Gasteiger partial charge in [0, 0.05) is 12.6 Å². The Kier molecular flexibility index (Phi) is 3.99. The molecular formula is C13H12ClFN2O. The van der Waals surface area contributed by atoms with E-state index >= 15 is 0 Å². The van der Waals surface area contributed by atoms with Crippen LogP contribution in [-0.2, 0) is 0 Å². The average Bonchev–Trinajstić information content (AvgIpc) is 2.36. The van der Waals surface area contributed by atoms with Crippen molar-refractivity contribution in [3.63, 3.8) is 0 Å². The van der Waals surface area contributed by atoms with Crippen LogP contribution in [0.5, 0.6) is 11.5 Å². The number of ether oxygens (including phenoxy) is 1. The highest BCUT2D eigenvalue weighted by Crippen LogP contribution is 2.29. The maximum atomic E-state index is 13.6. The molecule has 0 unspecified atom stereocenters. The normalized spacial score (nSPS) is 10.2. The Morgan fingerprint density at radius 3 is 3.00 bits per heavy atom. The van der Waals surface area contributed by atoms with Crippen LogP contribution in [0.1, 0.15) is 6.92 Å². The third-order valence-corrected chi connectivity index (χ3v) is 2.53. The molecule has 0 saturated carbocycles. The van der Waals surface area contributed by atoms with Crippen molar-refractivity contribution in [1.29, 1.82) is 0 Å². The summed E-state index contributed by atoms with van der Waals surface area (Å²) in [4.78, 5) is 4.01. The minimum absolute atomic E-state index is 0.0308. The van der Waals surface area contributed by atoms with Gasteiger partial charge in [0.2, 0.25) is 0 Å². The number of pyridine rings is 1. The zero-order valence-corrected chi connectivity index (χ0v) is 10.5. The first-order valence-corrected chi connectivity index (χ1v) is 5.89. The molecule has 1 heterocycles. The number of benzene rings is 1. The lowest BCUT2D eigenvalue weighted by atomic mass is 10.3. The van der Waals surface area contributed by atoms with Gasteiger partial charge in [-0.2, -0.15) is 0 Å². The van der Waals surface area contributed by atoms with E-state index < -0.39 is 5.82 Å². The minimum atomic E-state index is -0.576. The lowest BCUT2D eigenvalue weighted by molar-refractivity contribution is 0.441. The van der Waals surface area contributed by atoms with Gasteiger partial charge in [0.1, 0.15) is 5.75 Å². The van der Waals surface area contributed by atoms with Gasteiger partial charge in [-0.15, -0.1) is 0 Å². The third kappa shape index (κ3) is 2.90. The summed E-state index contributed by atoms with van der Waals surface area (Å²) in [7, 11) is 0. The van der Waals surface area contributed by atoms with Crippen LogP contribution in [0.15, 0.2) is 36.7 Å². The fourth-order valence-electron chi connectivity index (χ4n) is 1.47. The van der Waals surface area contributed by atoms with Crippen molar-refractivity contribution in [3.05, 3.63) is 47.5 Å². The fourth-order valence-corrected chi connectivity index (χ4v) is 1.63. The van der Waals surface area contributed by atoms with E-state index in [1.54, 1.807) is 18.3 Å². The molecule has 0 bridgehead atoms. The Morgan fingerprint density at radius 1 is 1.39 bits per heavy atom. The number of aromatic nitrogens is 1. The molecule has 1 aromatic carbocycles. The molecule has 0 aliphatic carbocycles. The molecule has 0 amide bonds. The topological polar surface area (TPSA) is 34.2 Å². The molecule has 5 heteroatoms. The highest BCUT2D eigenvalue weighted by atomic mass is 35.5. The monoisotopic (exact) mass is 266 g/mol. The second-order valence-corrected chi connectivity index (χ2v) is 4.00. The zero-order chi connectivity index (χ0) is 13.0. The SMILES string of the molecule is CCNc1cncc(Oc2cccc(Cl)c2F)c1. The molecule has 1 N–H and O–H groups in total. The second kappa shape index (κ2) is 5.69. The number of nitrogens with one attached hydrogen (secondary N) is 1. The molecule has 2 rings (SSSR count). The van der Waals surface area contributed by atoms with Crippen LogP contribution in [0.2, 0.25) is 5.02 Å². The summed E-state index contributed by atoms with van der Waals surface area (Å²) in [5, 5.41) is 3.13. The number of rotatable bonds is 4. The van der Waals surface area contributed by atoms with Crippen molar-refractivity contribution >= 4 is 17.3 Å². The summed E-state index contributed by atoms with van der Waals surface area (Å²) < 4.78 is 19.1. The number of nitrogens with zero attached hydrogens (tertiary/aromatic N) is 1. The number of hydrogen-bond donors (Lipinski definition) is 1. The predicted octanol–water partition coefficient (Wildman–Crippen LogP) is 4.10. The molecular weight excluding hydrogens is 255 g/mol. The van der Waals surface area contributed by atoms with E-state index in [2.05, 4.69) is 10.3 Å². The molecule has 1 aromatic heterocycles. The summed E-state index contributed by atoms with van der Waals surface area (Å²) in [6, 6.07) is 6.36. The van der Waals surface area contributed by atoms with Crippen LogP contribution in [-0.4, -0.2) is 11.5 Å². The first kappa shape index (κ1) is 12.6. The van der Waals surface area contributed by atoms with Gasteiger partial charge in [0.15, 0.2) is 11.6 Å². The smallest absolute Gasteiger partial charge is 0.184 e. The van der Waals surface area contributed by atoms with Gasteiger partial charge in [-0.05, 0) is 19.1 Å². The summed E-state index contributed by atoms with van der Waals surface area (Å²) >= 11 is 5.68. The molecule has 3 nitrogen and oxygen atoms in total. The number of hydrogen-bond acceptors (Lipinski definition) is 3. The summed E-state index contributed by atoms with van der Waals surface area (Å²) in [5.41, 5.74) is 0.817. The summed E-state index contributed by atoms with van der Waals surface area (Å²) in [6.45, 7) is 2.75. The van der Waals surface area contributed by atoms with Crippen LogP contribution in [0.3, 0.4) is 0 Å². The molecule has 2 aromatic rings. The van der Waals surface area contributed by atoms with Gasteiger partial charge < -0.3 is 10.1 Å². The van der Waals surface area contributed by atoms with Crippen LogP contribution < -0.4 is 10.1 Å². The van der Waals surface area contributed by atoms with E-state index in [1.165, 1.54) is 18.3 Å². The van der Waals surface area contributed by atoms with Gasteiger partial charge >= 0.3 is 0 Å². The number of halogens is 2. The molecule has 0 aliphatic rings. The Hall–Kier alpha value is -1.81. The van der Waals surface area contributed by atoms with Crippen molar-refractivity contribution in [2.45, 2.75) is 6.92 Å². The Bertz CT molecular complexity index is 548. The van der Waals surface area contributed by atoms with E-state index in [4.69, 9.17) is 16.3 Å². The lowest BCUT2D eigenvalue weighted by Gasteiger charge is -2.09.